The smallest absolute Gasteiger partial charge is 0.166 e. The van der Waals surface area contributed by atoms with Crippen LogP contribution in [0, 0.1) is 5.92 Å². The van der Waals surface area contributed by atoms with Crippen molar-refractivity contribution in [3.05, 3.63) is 33.8 Å². The van der Waals surface area contributed by atoms with Crippen LogP contribution in [0.1, 0.15) is 55.3 Å². The number of rotatable bonds is 2. The van der Waals surface area contributed by atoms with E-state index in [1.807, 2.05) is 0 Å². The fourth-order valence-corrected chi connectivity index (χ4v) is 4.25. The highest BCUT2D eigenvalue weighted by atomic mass is 35.5. The maximum absolute atomic E-state index is 12.8. The fourth-order valence-electron chi connectivity index (χ4n) is 3.73. The van der Waals surface area contributed by atoms with E-state index in [2.05, 4.69) is 0 Å². The second kappa shape index (κ2) is 6.28. The molecular weight excluding hydrogens is 307 g/mol. The van der Waals surface area contributed by atoms with Gasteiger partial charge in [0.15, 0.2) is 5.78 Å². The van der Waals surface area contributed by atoms with E-state index >= 15 is 0 Å². The molecule has 1 spiro atoms. The van der Waals surface area contributed by atoms with Crippen molar-refractivity contribution in [3.63, 3.8) is 0 Å². The predicted molar refractivity (Wildman–Crippen MR) is 85.3 cm³/mol. The van der Waals surface area contributed by atoms with E-state index < -0.39 is 0 Å². The molecule has 1 aromatic carbocycles. The molecule has 0 radical (unpaired) electrons. The van der Waals surface area contributed by atoms with Gasteiger partial charge in [-0.1, -0.05) is 42.5 Å². The number of ether oxygens (including phenoxy) is 1. The standard InChI is InChI=1S/C17H20Cl2O2/c18-14-8-13(9-15(19)10-14)16(20)12-4-7-21-17(11-12)5-2-1-3-6-17/h8-10,12H,1-7,11H2. The molecule has 1 aliphatic carbocycles. The summed E-state index contributed by atoms with van der Waals surface area (Å²) in [4.78, 5) is 12.8. The van der Waals surface area contributed by atoms with Gasteiger partial charge in [-0.05, 0) is 43.9 Å². The molecular formula is C17H20Cl2O2. The maximum Gasteiger partial charge on any atom is 0.166 e. The molecule has 21 heavy (non-hydrogen) atoms. The number of ketones is 1. The van der Waals surface area contributed by atoms with Crippen LogP contribution in [-0.4, -0.2) is 18.0 Å². The summed E-state index contributed by atoms with van der Waals surface area (Å²) in [6, 6.07) is 5.10. The van der Waals surface area contributed by atoms with E-state index in [0.717, 1.165) is 25.7 Å². The summed E-state index contributed by atoms with van der Waals surface area (Å²) in [5.41, 5.74) is 0.574. The third kappa shape index (κ3) is 3.44. The van der Waals surface area contributed by atoms with Crippen molar-refractivity contribution in [2.75, 3.05) is 6.61 Å². The Labute approximate surface area is 135 Å². The molecule has 1 aromatic rings. The lowest BCUT2D eigenvalue weighted by Gasteiger charge is -2.43. The number of halogens is 2. The molecule has 1 atom stereocenters. The van der Waals surface area contributed by atoms with Gasteiger partial charge >= 0.3 is 0 Å². The molecule has 114 valence electrons. The molecule has 1 saturated carbocycles. The Kier molecular flexibility index (Phi) is 4.58. The van der Waals surface area contributed by atoms with Gasteiger partial charge in [0.2, 0.25) is 0 Å². The summed E-state index contributed by atoms with van der Waals surface area (Å²) in [6.45, 7) is 0.685. The third-order valence-corrected chi connectivity index (χ3v) is 5.21. The third-order valence-electron chi connectivity index (χ3n) is 4.78. The molecule has 1 unspecified atom stereocenters. The van der Waals surface area contributed by atoms with Crippen LogP contribution in [0.25, 0.3) is 0 Å². The van der Waals surface area contributed by atoms with Gasteiger partial charge in [-0.25, -0.2) is 0 Å². The van der Waals surface area contributed by atoms with Crippen LogP contribution < -0.4 is 0 Å². The highest BCUT2D eigenvalue weighted by Crippen LogP contribution is 2.41. The lowest BCUT2D eigenvalue weighted by molar-refractivity contribution is -0.111. The SMILES string of the molecule is O=C(c1cc(Cl)cc(Cl)c1)C1CCOC2(CCCCC2)C1. The zero-order chi connectivity index (χ0) is 14.9. The van der Waals surface area contributed by atoms with E-state index in [4.69, 9.17) is 27.9 Å². The molecule has 1 saturated heterocycles. The quantitative estimate of drug-likeness (QED) is 0.689. The number of carbonyl (C=O) groups is 1. The van der Waals surface area contributed by atoms with E-state index in [0.29, 0.717) is 22.2 Å². The van der Waals surface area contributed by atoms with Crippen molar-refractivity contribution >= 4 is 29.0 Å². The van der Waals surface area contributed by atoms with Gasteiger partial charge in [0.05, 0.1) is 5.60 Å². The monoisotopic (exact) mass is 326 g/mol. The van der Waals surface area contributed by atoms with Crippen LogP contribution in [0.15, 0.2) is 18.2 Å². The Bertz CT molecular complexity index is 510. The second-order valence-corrected chi connectivity index (χ2v) is 7.18. The first-order valence-electron chi connectivity index (χ1n) is 7.72. The first-order valence-corrected chi connectivity index (χ1v) is 8.48. The van der Waals surface area contributed by atoms with Crippen molar-refractivity contribution in [1.29, 1.82) is 0 Å². The highest BCUT2D eigenvalue weighted by molar-refractivity contribution is 6.35. The molecule has 0 bridgehead atoms. The molecule has 4 heteroatoms. The molecule has 0 aromatic heterocycles. The summed E-state index contributed by atoms with van der Waals surface area (Å²) in [5.74, 6) is 0.194. The Morgan fingerprint density at radius 1 is 1.10 bits per heavy atom. The number of hydrogen-bond donors (Lipinski definition) is 0. The topological polar surface area (TPSA) is 26.3 Å². The van der Waals surface area contributed by atoms with E-state index in [9.17, 15) is 4.79 Å². The molecule has 2 fully saturated rings. The van der Waals surface area contributed by atoms with Crippen molar-refractivity contribution in [1.82, 2.24) is 0 Å². The summed E-state index contributed by atoms with van der Waals surface area (Å²) < 4.78 is 6.07. The Morgan fingerprint density at radius 2 is 1.76 bits per heavy atom. The normalized spacial score (nSPS) is 25.0. The van der Waals surface area contributed by atoms with Gasteiger partial charge < -0.3 is 4.74 Å². The Balaban J connectivity index is 1.77. The van der Waals surface area contributed by atoms with E-state index in [1.165, 1.54) is 19.3 Å². The van der Waals surface area contributed by atoms with Crippen molar-refractivity contribution in [3.8, 4) is 0 Å². The summed E-state index contributed by atoms with van der Waals surface area (Å²) >= 11 is 12.0. The lowest BCUT2D eigenvalue weighted by atomic mass is 9.74. The molecule has 3 rings (SSSR count). The van der Waals surface area contributed by atoms with Crippen molar-refractivity contribution in [2.24, 2.45) is 5.92 Å². The summed E-state index contributed by atoms with van der Waals surface area (Å²) in [7, 11) is 0. The molecule has 0 N–H and O–H groups in total. The van der Waals surface area contributed by atoms with Crippen LogP contribution in [-0.2, 0) is 4.74 Å². The van der Waals surface area contributed by atoms with Gasteiger partial charge in [-0.3, -0.25) is 4.79 Å². The average molecular weight is 327 g/mol. The molecule has 1 heterocycles. The average Bonchev–Trinajstić information content (AvgIpc) is 2.46. The van der Waals surface area contributed by atoms with Gasteiger partial charge in [0.25, 0.3) is 0 Å². The van der Waals surface area contributed by atoms with E-state index in [1.54, 1.807) is 18.2 Å². The van der Waals surface area contributed by atoms with Crippen LogP contribution in [0.5, 0.6) is 0 Å². The minimum atomic E-state index is -0.0564. The van der Waals surface area contributed by atoms with Gasteiger partial charge in [-0.2, -0.15) is 0 Å². The number of benzene rings is 1. The van der Waals surface area contributed by atoms with Crippen molar-refractivity contribution in [2.45, 2.75) is 50.5 Å². The van der Waals surface area contributed by atoms with Gasteiger partial charge in [0, 0.05) is 28.1 Å². The first kappa shape index (κ1) is 15.3. The minimum Gasteiger partial charge on any atom is -0.375 e. The second-order valence-electron chi connectivity index (χ2n) is 6.30. The summed E-state index contributed by atoms with van der Waals surface area (Å²) in [5, 5.41) is 1.04. The molecule has 0 amide bonds. The fraction of sp³-hybridized carbons (Fsp3) is 0.588. The summed E-state index contributed by atoms with van der Waals surface area (Å²) in [6.07, 6.45) is 7.53. The van der Waals surface area contributed by atoms with Crippen LogP contribution in [0.3, 0.4) is 0 Å². The van der Waals surface area contributed by atoms with Crippen LogP contribution >= 0.6 is 23.2 Å². The number of carbonyl (C=O) groups excluding carboxylic acids is 1. The Hall–Kier alpha value is -0.570. The predicted octanol–water partition coefficient (Wildman–Crippen LogP) is 5.31. The zero-order valence-electron chi connectivity index (χ0n) is 12.0. The Morgan fingerprint density at radius 3 is 2.43 bits per heavy atom. The van der Waals surface area contributed by atoms with Crippen molar-refractivity contribution < 1.29 is 9.53 Å². The van der Waals surface area contributed by atoms with Crippen LogP contribution in [0.4, 0.5) is 0 Å². The lowest BCUT2D eigenvalue weighted by Crippen LogP contribution is -2.43. The molecule has 1 aliphatic heterocycles. The highest BCUT2D eigenvalue weighted by Gasteiger charge is 2.40. The molecule has 2 nitrogen and oxygen atoms in total. The van der Waals surface area contributed by atoms with Gasteiger partial charge in [0.1, 0.15) is 0 Å². The van der Waals surface area contributed by atoms with Gasteiger partial charge in [-0.15, -0.1) is 0 Å². The first-order chi connectivity index (χ1) is 10.1. The molecule has 2 aliphatic rings. The minimum absolute atomic E-state index is 0.0337. The van der Waals surface area contributed by atoms with Crippen LogP contribution in [0.2, 0.25) is 10.0 Å². The maximum atomic E-state index is 12.8. The largest absolute Gasteiger partial charge is 0.375 e. The number of Topliss-reactive ketones (excluding diaryl/α,β-unsaturated/α-hetero) is 1. The zero-order valence-corrected chi connectivity index (χ0v) is 13.6. The van der Waals surface area contributed by atoms with E-state index in [-0.39, 0.29) is 17.3 Å². The number of hydrogen-bond acceptors (Lipinski definition) is 2.